The van der Waals surface area contributed by atoms with E-state index < -0.39 is 22.5 Å². The van der Waals surface area contributed by atoms with Gasteiger partial charge in [-0.2, -0.15) is 4.39 Å². The van der Waals surface area contributed by atoms with Gasteiger partial charge in [-0.05, 0) is 25.5 Å². The van der Waals surface area contributed by atoms with Crippen molar-refractivity contribution in [2.24, 2.45) is 5.92 Å². The Hall–Kier alpha value is -1.69. The predicted octanol–water partition coefficient (Wildman–Crippen LogP) is 1.94. The summed E-state index contributed by atoms with van der Waals surface area (Å²) in [5.41, 5.74) is -0.188. The van der Waals surface area contributed by atoms with E-state index in [4.69, 9.17) is 0 Å². The number of nitro groups is 1. The highest BCUT2D eigenvalue weighted by atomic mass is 19.1. The molecule has 0 amide bonds. The van der Waals surface area contributed by atoms with Crippen molar-refractivity contribution in [2.75, 3.05) is 18.0 Å². The number of nitrogens with zero attached hydrogens (tertiary/aromatic N) is 2. The van der Waals surface area contributed by atoms with Crippen LogP contribution in [0.3, 0.4) is 0 Å². The number of anilines is 1. The van der Waals surface area contributed by atoms with Crippen molar-refractivity contribution < 1.29 is 14.4 Å². The molecule has 1 aromatic carbocycles. The van der Waals surface area contributed by atoms with E-state index >= 15 is 0 Å². The number of aliphatic hydroxyl groups is 1. The van der Waals surface area contributed by atoms with Crippen molar-refractivity contribution in [2.45, 2.75) is 19.4 Å². The minimum absolute atomic E-state index is 0.0767. The normalized spacial score (nSPS) is 21.1. The number of benzene rings is 1. The van der Waals surface area contributed by atoms with Gasteiger partial charge in [0.1, 0.15) is 5.69 Å². The molecule has 1 N–H and O–H groups in total. The van der Waals surface area contributed by atoms with Crippen LogP contribution in [0.4, 0.5) is 15.8 Å². The van der Waals surface area contributed by atoms with Gasteiger partial charge in [-0.25, -0.2) is 0 Å². The maximum atomic E-state index is 13.5. The number of rotatable bonds is 3. The summed E-state index contributed by atoms with van der Waals surface area (Å²) in [4.78, 5) is 12.0. The molecule has 2 rings (SSSR count). The highest BCUT2D eigenvalue weighted by Gasteiger charge is 2.31. The number of hydrogen-bond acceptors (Lipinski definition) is 4. The van der Waals surface area contributed by atoms with Gasteiger partial charge < -0.3 is 10.0 Å². The maximum absolute atomic E-state index is 13.5. The number of aliphatic hydroxyl groups excluding tert-OH is 1. The molecule has 0 spiro atoms. The summed E-state index contributed by atoms with van der Waals surface area (Å²) < 4.78 is 13.5. The molecular weight excluding hydrogens is 239 g/mol. The van der Waals surface area contributed by atoms with Gasteiger partial charge in [-0.1, -0.05) is 6.07 Å². The summed E-state index contributed by atoms with van der Waals surface area (Å²) >= 11 is 0. The lowest BCUT2D eigenvalue weighted by molar-refractivity contribution is -0.386. The summed E-state index contributed by atoms with van der Waals surface area (Å²) in [5.74, 6) is -0.745. The van der Waals surface area contributed by atoms with E-state index in [1.165, 1.54) is 6.07 Å². The lowest BCUT2D eigenvalue weighted by Gasteiger charge is -2.19. The Morgan fingerprint density at radius 2 is 2.33 bits per heavy atom. The van der Waals surface area contributed by atoms with E-state index in [9.17, 15) is 19.6 Å². The van der Waals surface area contributed by atoms with Crippen LogP contribution >= 0.6 is 0 Å². The molecule has 0 radical (unpaired) electrons. The topological polar surface area (TPSA) is 66.6 Å². The molecule has 1 aromatic rings. The molecule has 0 aliphatic carbocycles. The molecule has 6 heteroatoms. The van der Waals surface area contributed by atoms with E-state index in [1.807, 2.05) is 0 Å². The summed E-state index contributed by atoms with van der Waals surface area (Å²) in [6, 6.07) is 4.10. The monoisotopic (exact) mass is 254 g/mol. The lowest BCUT2D eigenvalue weighted by atomic mass is 10.0. The van der Waals surface area contributed by atoms with Crippen LogP contribution in [0.25, 0.3) is 0 Å². The molecular formula is C12H15FN2O3. The van der Waals surface area contributed by atoms with Crippen LogP contribution in [0.1, 0.15) is 13.3 Å². The largest absolute Gasteiger partial charge is 0.393 e. The van der Waals surface area contributed by atoms with Crippen LogP contribution in [0.5, 0.6) is 0 Å². The molecule has 1 saturated heterocycles. The Morgan fingerprint density at radius 3 is 2.89 bits per heavy atom. The molecule has 5 nitrogen and oxygen atoms in total. The molecule has 2 atom stereocenters. The van der Waals surface area contributed by atoms with E-state index in [2.05, 4.69) is 0 Å². The van der Waals surface area contributed by atoms with Crippen molar-refractivity contribution in [1.29, 1.82) is 0 Å². The third-order valence-electron chi connectivity index (χ3n) is 3.40. The second-order valence-electron chi connectivity index (χ2n) is 4.60. The summed E-state index contributed by atoms with van der Waals surface area (Å²) in [7, 11) is 0. The number of para-hydroxylation sites is 1. The van der Waals surface area contributed by atoms with Crippen molar-refractivity contribution in [3.63, 3.8) is 0 Å². The van der Waals surface area contributed by atoms with E-state index in [0.717, 1.165) is 12.5 Å². The van der Waals surface area contributed by atoms with Crippen LogP contribution in [0, 0.1) is 21.8 Å². The zero-order valence-corrected chi connectivity index (χ0v) is 10.0. The molecule has 1 aliphatic rings. The van der Waals surface area contributed by atoms with Gasteiger partial charge in [0.25, 0.3) is 0 Å². The van der Waals surface area contributed by atoms with Crippen LogP contribution in [0.15, 0.2) is 18.2 Å². The van der Waals surface area contributed by atoms with Gasteiger partial charge >= 0.3 is 5.69 Å². The Kier molecular flexibility index (Phi) is 3.47. The van der Waals surface area contributed by atoms with Gasteiger partial charge in [0.15, 0.2) is 0 Å². The maximum Gasteiger partial charge on any atom is 0.327 e. The Morgan fingerprint density at radius 1 is 1.61 bits per heavy atom. The highest BCUT2D eigenvalue weighted by Crippen LogP contribution is 2.34. The van der Waals surface area contributed by atoms with Crippen LogP contribution < -0.4 is 4.90 Å². The second kappa shape index (κ2) is 4.89. The minimum atomic E-state index is -0.821. The van der Waals surface area contributed by atoms with Gasteiger partial charge in [0.2, 0.25) is 5.82 Å². The third kappa shape index (κ3) is 2.28. The van der Waals surface area contributed by atoms with Gasteiger partial charge in [-0.15, -0.1) is 0 Å². The fraction of sp³-hybridized carbons (Fsp3) is 0.500. The van der Waals surface area contributed by atoms with Crippen LogP contribution in [-0.2, 0) is 0 Å². The molecule has 1 aliphatic heterocycles. The van der Waals surface area contributed by atoms with Crippen molar-refractivity contribution in [3.8, 4) is 0 Å². The summed E-state index contributed by atoms with van der Waals surface area (Å²) in [5, 5.41) is 20.4. The molecule has 0 aromatic heterocycles. The molecule has 18 heavy (non-hydrogen) atoms. The predicted molar refractivity (Wildman–Crippen MR) is 65.1 cm³/mol. The van der Waals surface area contributed by atoms with E-state index in [0.29, 0.717) is 18.8 Å². The summed E-state index contributed by atoms with van der Waals surface area (Å²) in [6.07, 6.45) is 0.299. The molecule has 1 fully saturated rings. The van der Waals surface area contributed by atoms with E-state index in [-0.39, 0.29) is 5.92 Å². The second-order valence-corrected chi connectivity index (χ2v) is 4.60. The van der Waals surface area contributed by atoms with Crippen LogP contribution in [-0.4, -0.2) is 29.2 Å². The summed E-state index contributed by atoms with van der Waals surface area (Å²) in [6.45, 7) is 2.82. The highest BCUT2D eigenvalue weighted by molar-refractivity contribution is 5.64. The van der Waals surface area contributed by atoms with E-state index in [1.54, 1.807) is 17.9 Å². The Balaban J connectivity index is 2.30. The van der Waals surface area contributed by atoms with Crippen LogP contribution in [0.2, 0.25) is 0 Å². The number of nitro benzene ring substituents is 1. The van der Waals surface area contributed by atoms with Crippen molar-refractivity contribution in [1.82, 2.24) is 0 Å². The SMILES string of the molecule is CC(O)C1CCN(c2cccc(F)c2[N+](=O)[O-])C1. The standard InChI is InChI=1S/C12H15FN2O3/c1-8(16)9-5-6-14(7-9)11-4-2-3-10(13)12(11)15(17)18/h2-4,8-9,16H,5-7H2,1H3. The van der Waals surface area contributed by atoms with Crippen molar-refractivity contribution >= 4 is 11.4 Å². The Bertz CT molecular complexity index is 465. The third-order valence-corrected chi connectivity index (χ3v) is 3.40. The zero-order valence-electron chi connectivity index (χ0n) is 10.0. The molecule has 98 valence electrons. The fourth-order valence-electron chi connectivity index (χ4n) is 2.34. The average Bonchev–Trinajstić information content (AvgIpc) is 2.77. The Labute approximate surface area is 104 Å². The zero-order chi connectivity index (χ0) is 13.3. The van der Waals surface area contributed by atoms with Crippen molar-refractivity contribution in [3.05, 3.63) is 34.1 Å². The first kappa shape index (κ1) is 12.8. The molecule has 2 unspecified atom stereocenters. The number of halogens is 1. The quantitative estimate of drug-likeness (QED) is 0.661. The number of hydrogen-bond donors (Lipinski definition) is 1. The van der Waals surface area contributed by atoms with Gasteiger partial charge in [0.05, 0.1) is 11.0 Å². The molecule has 1 heterocycles. The molecule has 0 saturated carbocycles. The fourth-order valence-corrected chi connectivity index (χ4v) is 2.34. The first-order valence-electron chi connectivity index (χ1n) is 5.86. The minimum Gasteiger partial charge on any atom is -0.393 e. The molecule has 0 bridgehead atoms. The van der Waals surface area contributed by atoms with Gasteiger partial charge in [0, 0.05) is 19.0 Å². The first-order valence-corrected chi connectivity index (χ1v) is 5.86. The smallest absolute Gasteiger partial charge is 0.327 e. The van der Waals surface area contributed by atoms with Gasteiger partial charge in [-0.3, -0.25) is 10.1 Å². The average molecular weight is 254 g/mol. The lowest BCUT2D eigenvalue weighted by Crippen LogP contribution is -2.24. The first-order chi connectivity index (χ1) is 8.50.